The molecule has 0 aliphatic carbocycles. The van der Waals surface area contributed by atoms with Crippen LogP contribution in [0, 0.1) is 10.1 Å². The van der Waals surface area contributed by atoms with Gasteiger partial charge in [0, 0.05) is 17.2 Å². The monoisotopic (exact) mass is 420 g/mol. The van der Waals surface area contributed by atoms with Crippen molar-refractivity contribution in [3.63, 3.8) is 0 Å². The largest absolute Gasteiger partial charge is 0.493 e. The molecule has 152 valence electrons. The molecule has 29 heavy (non-hydrogen) atoms. The van der Waals surface area contributed by atoms with Crippen LogP contribution in [-0.4, -0.2) is 36.9 Å². The molecule has 10 nitrogen and oxygen atoms in total. The normalized spacial score (nSPS) is 11.7. The Bertz CT molecular complexity index is 979. The minimum Gasteiger partial charge on any atom is -0.493 e. The number of para-hydroxylation sites is 1. The molecule has 2 aromatic rings. The zero-order chi connectivity index (χ0) is 21.6. The van der Waals surface area contributed by atoms with Gasteiger partial charge in [0.05, 0.1) is 24.8 Å². The number of halogens is 1. The van der Waals surface area contributed by atoms with E-state index >= 15 is 0 Å². The van der Waals surface area contributed by atoms with E-state index in [4.69, 9.17) is 21.1 Å². The number of carbonyl (C=O) groups excluding carboxylic acids is 2. The number of methoxy groups -OCH3 is 2. The van der Waals surface area contributed by atoms with Crippen molar-refractivity contribution in [2.75, 3.05) is 19.5 Å². The van der Waals surface area contributed by atoms with Crippen LogP contribution in [0.4, 0.5) is 17.1 Å². The molecule has 0 spiro atoms. The lowest BCUT2D eigenvalue weighted by atomic mass is 10.2. The molecule has 0 radical (unpaired) electrons. The first kappa shape index (κ1) is 21.8. The summed E-state index contributed by atoms with van der Waals surface area (Å²) in [6.07, 6.45) is 0. The highest BCUT2D eigenvalue weighted by Crippen LogP contribution is 2.38. The summed E-state index contributed by atoms with van der Waals surface area (Å²) in [6.45, 7) is 1.15. The standard InChI is InChI=1S/C18H17ClN4O6/c1-10(24)16(22-21-12-6-4-5-7-14(12)23(26)27)18(25)20-13-8-11(19)9-15(28-2)17(13)29-3/h4-9,16H,1-3H3,(H,20,25). The van der Waals surface area contributed by atoms with Crippen molar-refractivity contribution in [1.29, 1.82) is 0 Å². The molecule has 0 aromatic heterocycles. The van der Waals surface area contributed by atoms with Gasteiger partial charge in [-0.25, -0.2) is 0 Å². The number of nitro benzene ring substituents is 1. The number of anilines is 1. The number of Topliss-reactive ketones (excluding diaryl/α,β-unsaturated/α-hetero) is 1. The first-order valence-corrected chi connectivity index (χ1v) is 8.53. The first-order chi connectivity index (χ1) is 13.8. The second-order valence-corrected chi connectivity index (χ2v) is 6.09. The van der Waals surface area contributed by atoms with Crippen molar-refractivity contribution < 1.29 is 24.0 Å². The lowest BCUT2D eigenvalue weighted by molar-refractivity contribution is -0.384. The Morgan fingerprint density at radius 1 is 1.21 bits per heavy atom. The van der Waals surface area contributed by atoms with Gasteiger partial charge in [-0.2, -0.15) is 5.11 Å². The summed E-state index contributed by atoms with van der Waals surface area (Å²) in [5.74, 6) is -0.959. The predicted molar refractivity (Wildman–Crippen MR) is 105 cm³/mol. The Hall–Kier alpha value is -3.53. The maximum absolute atomic E-state index is 12.6. The zero-order valence-electron chi connectivity index (χ0n) is 15.7. The number of benzene rings is 2. The highest BCUT2D eigenvalue weighted by atomic mass is 35.5. The topological polar surface area (TPSA) is 132 Å². The molecule has 2 rings (SSSR count). The highest BCUT2D eigenvalue weighted by Gasteiger charge is 2.26. The van der Waals surface area contributed by atoms with Crippen LogP contribution in [0.25, 0.3) is 0 Å². The van der Waals surface area contributed by atoms with E-state index in [-0.39, 0.29) is 33.6 Å². The molecule has 1 N–H and O–H groups in total. The van der Waals surface area contributed by atoms with Gasteiger partial charge in [0.15, 0.2) is 23.0 Å². The number of nitrogens with zero attached hydrogens (tertiary/aromatic N) is 3. The van der Waals surface area contributed by atoms with E-state index in [0.29, 0.717) is 0 Å². The van der Waals surface area contributed by atoms with Crippen molar-refractivity contribution in [3.8, 4) is 11.5 Å². The first-order valence-electron chi connectivity index (χ1n) is 8.15. The van der Waals surface area contributed by atoms with Crippen molar-refractivity contribution in [1.82, 2.24) is 0 Å². The van der Waals surface area contributed by atoms with E-state index in [0.717, 1.165) is 6.92 Å². The van der Waals surface area contributed by atoms with Crippen LogP contribution in [0.5, 0.6) is 11.5 Å². The van der Waals surface area contributed by atoms with Gasteiger partial charge in [0.25, 0.3) is 11.6 Å². The molecule has 0 saturated heterocycles. The van der Waals surface area contributed by atoms with Crippen LogP contribution in [0.1, 0.15) is 6.92 Å². The second-order valence-electron chi connectivity index (χ2n) is 5.65. The SMILES string of the molecule is COc1cc(Cl)cc(NC(=O)C(N=Nc2ccccc2[N+](=O)[O-])C(C)=O)c1OC. The van der Waals surface area contributed by atoms with Gasteiger partial charge >= 0.3 is 0 Å². The number of ether oxygens (including phenoxy) is 2. The molecule has 1 atom stereocenters. The van der Waals surface area contributed by atoms with E-state index in [2.05, 4.69) is 15.5 Å². The summed E-state index contributed by atoms with van der Waals surface area (Å²) >= 11 is 6.01. The number of azo groups is 1. The fourth-order valence-electron chi connectivity index (χ4n) is 2.37. The van der Waals surface area contributed by atoms with E-state index in [1.807, 2.05) is 0 Å². The number of nitro groups is 1. The molecule has 0 aliphatic heterocycles. The molecule has 0 bridgehead atoms. The summed E-state index contributed by atoms with van der Waals surface area (Å²) in [4.78, 5) is 35.0. The summed E-state index contributed by atoms with van der Waals surface area (Å²) in [6, 6.07) is 6.94. The van der Waals surface area contributed by atoms with Gasteiger partial charge in [-0.1, -0.05) is 23.7 Å². The van der Waals surface area contributed by atoms with Gasteiger partial charge in [-0.05, 0) is 19.1 Å². The van der Waals surface area contributed by atoms with E-state index in [1.165, 1.54) is 50.6 Å². The number of hydrogen-bond donors (Lipinski definition) is 1. The average Bonchev–Trinajstić information content (AvgIpc) is 2.67. The van der Waals surface area contributed by atoms with Crippen LogP contribution in [0.15, 0.2) is 46.6 Å². The molecule has 0 heterocycles. The lowest BCUT2D eigenvalue weighted by Crippen LogP contribution is -2.32. The summed E-state index contributed by atoms with van der Waals surface area (Å²) < 4.78 is 10.4. The van der Waals surface area contributed by atoms with Crippen molar-refractivity contribution in [2.24, 2.45) is 10.2 Å². The zero-order valence-corrected chi connectivity index (χ0v) is 16.5. The fourth-order valence-corrected chi connectivity index (χ4v) is 2.57. The van der Waals surface area contributed by atoms with Crippen LogP contribution in [0.2, 0.25) is 5.02 Å². The number of ketones is 1. The van der Waals surface area contributed by atoms with E-state index in [9.17, 15) is 19.7 Å². The maximum atomic E-state index is 12.6. The fraction of sp³-hybridized carbons (Fsp3) is 0.222. The average molecular weight is 421 g/mol. The third-order valence-electron chi connectivity index (χ3n) is 3.69. The molecular weight excluding hydrogens is 404 g/mol. The molecule has 11 heteroatoms. The van der Waals surface area contributed by atoms with Gasteiger partial charge in [0.2, 0.25) is 6.04 Å². The molecule has 1 amide bonds. The van der Waals surface area contributed by atoms with Crippen molar-refractivity contribution in [3.05, 3.63) is 51.5 Å². The highest BCUT2D eigenvalue weighted by molar-refractivity contribution is 6.31. The van der Waals surface area contributed by atoms with Crippen LogP contribution >= 0.6 is 11.6 Å². The van der Waals surface area contributed by atoms with E-state index < -0.39 is 22.7 Å². The van der Waals surface area contributed by atoms with Crippen molar-refractivity contribution in [2.45, 2.75) is 13.0 Å². The number of carbonyl (C=O) groups is 2. The van der Waals surface area contributed by atoms with Gasteiger partial charge in [0.1, 0.15) is 0 Å². The smallest absolute Gasteiger partial charge is 0.296 e. The minimum absolute atomic E-state index is 0.0847. The predicted octanol–water partition coefficient (Wildman–Crippen LogP) is 3.95. The Kier molecular flexibility index (Phi) is 7.21. The summed E-state index contributed by atoms with van der Waals surface area (Å²) in [5, 5.41) is 21.2. The maximum Gasteiger partial charge on any atom is 0.296 e. The molecule has 0 saturated carbocycles. The minimum atomic E-state index is -1.54. The number of nitrogens with one attached hydrogen (secondary N) is 1. The Balaban J connectivity index is 2.34. The van der Waals surface area contributed by atoms with Gasteiger partial charge < -0.3 is 14.8 Å². The lowest BCUT2D eigenvalue weighted by Gasteiger charge is -2.15. The number of rotatable bonds is 8. The number of hydrogen-bond acceptors (Lipinski definition) is 8. The summed E-state index contributed by atoms with van der Waals surface area (Å²) in [5.41, 5.74) is -0.229. The third-order valence-corrected chi connectivity index (χ3v) is 3.91. The summed E-state index contributed by atoms with van der Waals surface area (Å²) in [7, 11) is 2.78. The van der Waals surface area contributed by atoms with E-state index in [1.54, 1.807) is 0 Å². The number of amides is 1. The van der Waals surface area contributed by atoms with Crippen LogP contribution in [-0.2, 0) is 9.59 Å². The van der Waals surface area contributed by atoms with Crippen molar-refractivity contribution >= 4 is 40.4 Å². The Morgan fingerprint density at radius 2 is 1.90 bits per heavy atom. The third kappa shape index (κ3) is 5.26. The van der Waals surface area contributed by atoms with Gasteiger partial charge in [-0.15, -0.1) is 5.11 Å². The molecule has 2 aromatic carbocycles. The molecule has 0 fully saturated rings. The molecule has 0 aliphatic rings. The molecule has 1 unspecified atom stereocenters. The Morgan fingerprint density at radius 3 is 2.48 bits per heavy atom. The van der Waals surface area contributed by atoms with Gasteiger partial charge in [-0.3, -0.25) is 19.7 Å². The second kappa shape index (κ2) is 9.60. The van der Waals surface area contributed by atoms with Crippen LogP contribution in [0.3, 0.4) is 0 Å². The molecular formula is C18H17ClN4O6. The Labute approximate surface area is 170 Å². The van der Waals surface area contributed by atoms with Crippen LogP contribution < -0.4 is 14.8 Å². The quantitative estimate of drug-likeness (QED) is 0.297.